The maximum atomic E-state index is 13.7. The summed E-state index contributed by atoms with van der Waals surface area (Å²) >= 11 is 0. The second kappa shape index (κ2) is 5.98. The Morgan fingerprint density at radius 3 is 2.45 bits per heavy atom. The van der Waals surface area contributed by atoms with Gasteiger partial charge in [0.25, 0.3) is 0 Å². The first-order valence-corrected chi connectivity index (χ1v) is 10.7. The van der Waals surface area contributed by atoms with Gasteiger partial charge in [0, 0.05) is 22.7 Å². The van der Waals surface area contributed by atoms with Crippen LogP contribution < -0.4 is 0 Å². The van der Waals surface area contributed by atoms with E-state index in [1.807, 2.05) is 19.9 Å². The van der Waals surface area contributed by atoms with Crippen molar-refractivity contribution in [3.8, 4) is 0 Å². The molecule has 0 aromatic carbocycles. The van der Waals surface area contributed by atoms with Crippen LogP contribution in [0.25, 0.3) is 0 Å². The van der Waals surface area contributed by atoms with Gasteiger partial charge in [0.05, 0.1) is 0 Å². The number of rotatable bonds is 2. The Morgan fingerprint density at radius 2 is 1.79 bits per heavy atom. The molecule has 3 fully saturated rings. The van der Waals surface area contributed by atoms with Gasteiger partial charge in [0.15, 0.2) is 11.6 Å². The Kier molecular flexibility index (Phi) is 4.26. The van der Waals surface area contributed by atoms with Gasteiger partial charge < -0.3 is 10.2 Å². The molecule has 4 aliphatic rings. The first kappa shape index (κ1) is 20.7. The van der Waals surface area contributed by atoms with E-state index in [9.17, 15) is 24.6 Å². The molecule has 4 rings (SSSR count). The van der Waals surface area contributed by atoms with Crippen LogP contribution in [-0.4, -0.2) is 39.8 Å². The summed E-state index contributed by atoms with van der Waals surface area (Å²) in [5.41, 5.74) is -3.08. The van der Waals surface area contributed by atoms with Gasteiger partial charge in [-0.2, -0.15) is 0 Å². The zero-order chi connectivity index (χ0) is 21.5. The Balaban J connectivity index is 1.91. The van der Waals surface area contributed by atoms with Crippen molar-refractivity contribution in [2.75, 3.05) is 6.61 Å². The van der Waals surface area contributed by atoms with Crippen LogP contribution in [0.2, 0.25) is 0 Å². The molecule has 0 unspecified atom stereocenters. The SMILES string of the molecule is C[C@]12CCC(=O)[C@@]3(C)[C@@H](CCC4=CC(=O)C=C[C@@]43C)[C@]1(C)CC[C@]2(O)C(=O)CO. The molecule has 0 heterocycles. The topological polar surface area (TPSA) is 91.7 Å². The highest BCUT2D eigenvalue weighted by atomic mass is 16.3. The van der Waals surface area contributed by atoms with E-state index in [4.69, 9.17) is 0 Å². The Morgan fingerprint density at radius 1 is 1.10 bits per heavy atom. The summed E-state index contributed by atoms with van der Waals surface area (Å²) in [6.07, 6.45) is 8.34. The molecule has 0 saturated heterocycles. The van der Waals surface area contributed by atoms with Crippen molar-refractivity contribution in [2.24, 2.45) is 27.6 Å². The van der Waals surface area contributed by atoms with Gasteiger partial charge in [-0.25, -0.2) is 0 Å². The monoisotopic (exact) mass is 400 g/mol. The summed E-state index contributed by atoms with van der Waals surface area (Å²) in [5.74, 6) is -0.452. The molecule has 0 aliphatic heterocycles. The number of fused-ring (bicyclic) bond motifs is 5. The van der Waals surface area contributed by atoms with Crippen LogP contribution in [-0.2, 0) is 14.4 Å². The maximum Gasteiger partial charge on any atom is 0.190 e. The highest BCUT2D eigenvalue weighted by molar-refractivity contribution is 6.02. The van der Waals surface area contributed by atoms with E-state index < -0.39 is 39.7 Å². The van der Waals surface area contributed by atoms with Crippen LogP contribution in [0, 0.1) is 27.6 Å². The number of Topliss-reactive ketones (excluding diaryl/α,β-unsaturated/α-hetero) is 2. The summed E-state index contributed by atoms with van der Waals surface area (Å²) < 4.78 is 0. The number of aliphatic hydroxyl groups is 2. The molecule has 3 saturated carbocycles. The number of carbonyl (C=O) groups is 3. The van der Waals surface area contributed by atoms with Crippen molar-refractivity contribution < 1.29 is 24.6 Å². The van der Waals surface area contributed by atoms with Gasteiger partial charge in [-0.1, -0.05) is 39.3 Å². The minimum atomic E-state index is -1.61. The first-order chi connectivity index (χ1) is 13.4. The summed E-state index contributed by atoms with van der Waals surface area (Å²) in [6, 6.07) is 0. The molecule has 5 nitrogen and oxygen atoms in total. The van der Waals surface area contributed by atoms with Crippen molar-refractivity contribution in [3.63, 3.8) is 0 Å². The van der Waals surface area contributed by atoms with E-state index in [0.717, 1.165) is 18.4 Å². The van der Waals surface area contributed by atoms with Crippen LogP contribution in [0.1, 0.15) is 66.2 Å². The predicted molar refractivity (Wildman–Crippen MR) is 108 cm³/mol. The van der Waals surface area contributed by atoms with Gasteiger partial charge in [-0.15, -0.1) is 0 Å². The fraction of sp³-hybridized carbons (Fsp3) is 0.708. The van der Waals surface area contributed by atoms with Gasteiger partial charge in [0.2, 0.25) is 0 Å². The fourth-order valence-electron chi connectivity index (χ4n) is 7.67. The lowest BCUT2D eigenvalue weighted by atomic mass is 9.42. The zero-order valence-electron chi connectivity index (χ0n) is 17.9. The minimum absolute atomic E-state index is 0.0274. The molecule has 0 aromatic heterocycles. The molecule has 6 atom stereocenters. The molecular formula is C24H32O5. The molecule has 0 aromatic rings. The number of ketones is 3. The van der Waals surface area contributed by atoms with Gasteiger partial charge in [-0.3, -0.25) is 14.4 Å². The van der Waals surface area contributed by atoms with E-state index in [1.54, 1.807) is 12.2 Å². The number of aliphatic hydroxyl groups excluding tert-OH is 1. The van der Waals surface area contributed by atoms with Gasteiger partial charge in [-0.05, 0) is 55.6 Å². The second-order valence-electron chi connectivity index (χ2n) is 10.5. The molecule has 0 amide bonds. The van der Waals surface area contributed by atoms with E-state index in [1.165, 1.54) is 0 Å². The van der Waals surface area contributed by atoms with E-state index >= 15 is 0 Å². The number of hydrogen-bond donors (Lipinski definition) is 2. The average molecular weight is 401 g/mol. The molecule has 2 N–H and O–H groups in total. The summed E-state index contributed by atoms with van der Waals surface area (Å²) in [6.45, 7) is 7.49. The summed E-state index contributed by atoms with van der Waals surface area (Å²) in [7, 11) is 0. The van der Waals surface area contributed by atoms with Crippen LogP contribution in [0.5, 0.6) is 0 Å². The fourth-order valence-corrected chi connectivity index (χ4v) is 7.67. The summed E-state index contributed by atoms with van der Waals surface area (Å²) in [5, 5.41) is 21.1. The highest BCUT2D eigenvalue weighted by Gasteiger charge is 2.73. The molecule has 0 radical (unpaired) electrons. The maximum absolute atomic E-state index is 13.7. The highest BCUT2D eigenvalue weighted by Crippen LogP contribution is 2.73. The summed E-state index contributed by atoms with van der Waals surface area (Å²) in [4.78, 5) is 38.4. The molecule has 158 valence electrons. The van der Waals surface area contributed by atoms with E-state index in [2.05, 4.69) is 13.8 Å². The van der Waals surface area contributed by atoms with Crippen LogP contribution in [0.15, 0.2) is 23.8 Å². The number of hydrogen-bond acceptors (Lipinski definition) is 5. The third-order valence-corrected chi connectivity index (χ3v) is 10.0. The number of carbonyl (C=O) groups excluding carboxylic acids is 3. The minimum Gasteiger partial charge on any atom is -0.388 e. The van der Waals surface area contributed by atoms with Crippen LogP contribution in [0.4, 0.5) is 0 Å². The first-order valence-electron chi connectivity index (χ1n) is 10.7. The molecule has 4 aliphatic carbocycles. The molecule has 29 heavy (non-hydrogen) atoms. The quantitative estimate of drug-likeness (QED) is 0.744. The predicted octanol–water partition coefficient (Wildman–Crippen LogP) is 2.94. The van der Waals surface area contributed by atoms with Gasteiger partial charge in [0.1, 0.15) is 18.0 Å². The normalized spacial score (nSPS) is 49.0. The van der Waals surface area contributed by atoms with Crippen LogP contribution in [0.3, 0.4) is 0 Å². The van der Waals surface area contributed by atoms with Crippen molar-refractivity contribution in [2.45, 2.75) is 71.8 Å². The van der Waals surface area contributed by atoms with Gasteiger partial charge >= 0.3 is 0 Å². The molecular weight excluding hydrogens is 368 g/mol. The third kappa shape index (κ3) is 2.16. The Hall–Kier alpha value is -1.59. The van der Waals surface area contributed by atoms with E-state index in [0.29, 0.717) is 19.3 Å². The van der Waals surface area contributed by atoms with Crippen LogP contribution >= 0.6 is 0 Å². The Labute approximate surface area is 172 Å². The largest absolute Gasteiger partial charge is 0.388 e. The smallest absolute Gasteiger partial charge is 0.190 e. The Bertz CT molecular complexity index is 870. The second-order valence-corrected chi connectivity index (χ2v) is 10.5. The lowest BCUT2D eigenvalue weighted by Crippen LogP contribution is -2.60. The average Bonchev–Trinajstić information content (AvgIpc) is 2.86. The van der Waals surface area contributed by atoms with Crippen molar-refractivity contribution in [1.82, 2.24) is 0 Å². The third-order valence-electron chi connectivity index (χ3n) is 10.0. The lowest BCUT2D eigenvalue weighted by Gasteiger charge is -2.60. The lowest BCUT2D eigenvalue weighted by molar-refractivity contribution is -0.168. The molecule has 5 heteroatoms. The van der Waals surface area contributed by atoms with Crippen molar-refractivity contribution in [3.05, 3.63) is 23.8 Å². The van der Waals surface area contributed by atoms with Crippen molar-refractivity contribution >= 4 is 17.3 Å². The molecule has 0 spiro atoms. The number of allylic oxidation sites excluding steroid dienone is 4. The molecule has 0 bridgehead atoms. The van der Waals surface area contributed by atoms with E-state index in [-0.39, 0.29) is 23.9 Å². The van der Waals surface area contributed by atoms with Crippen molar-refractivity contribution in [1.29, 1.82) is 0 Å². The zero-order valence-corrected chi connectivity index (χ0v) is 17.9. The standard InChI is InChI=1S/C24H32O5/c1-20-9-7-16(26)13-15(20)5-6-17-21(2)11-12-24(29,19(28)14-25)22(21,3)10-8-18(27)23(17,20)4/h7,9,13,17,25,29H,5-6,8,10-12,14H2,1-4H3/t17-,20-,21-,22-,23+,24-/m0/s1.